The van der Waals surface area contributed by atoms with Crippen molar-refractivity contribution >= 4 is 27.5 Å². The molecule has 1 aromatic heterocycles. The second-order valence-corrected chi connectivity index (χ2v) is 5.65. The summed E-state index contributed by atoms with van der Waals surface area (Å²) < 4.78 is 3.04. The van der Waals surface area contributed by atoms with E-state index >= 15 is 0 Å². The fraction of sp³-hybridized carbons (Fsp3) is 0.750. The lowest BCUT2D eigenvalue weighted by Crippen LogP contribution is -2.43. The number of aromatic nitrogens is 2. The van der Waals surface area contributed by atoms with Gasteiger partial charge in [0.1, 0.15) is 0 Å². The minimum atomic E-state index is -0.0162. The second kappa shape index (κ2) is 6.21. The van der Waals surface area contributed by atoms with Crippen LogP contribution in [0.4, 0.5) is 0 Å². The number of aryl methyl sites for hydroxylation is 2. The van der Waals surface area contributed by atoms with E-state index in [2.05, 4.69) is 47.1 Å². The van der Waals surface area contributed by atoms with Gasteiger partial charge in [-0.3, -0.25) is 4.68 Å². The third-order valence-corrected chi connectivity index (χ3v) is 4.77. The standard InChI is InChI=1S/C12H21BrClN3/c1-5-9-11(13)10(17(4)16-9)7-15-12(3,6-2)8-14/h15H,5-8H2,1-4H3. The molecular weight excluding hydrogens is 302 g/mol. The molecule has 0 amide bonds. The van der Waals surface area contributed by atoms with Crippen molar-refractivity contribution in [3.8, 4) is 0 Å². The van der Waals surface area contributed by atoms with Crippen LogP contribution in [0.3, 0.4) is 0 Å². The fourth-order valence-corrected chi connectivity index (χ4v) is 2.62. The van der Waals surface area contributed by atoms with Crippen LogP contribution in [-0.2, 0) is 20.0 Å². The van der Waals surface area contributed by atoms with E-state index in [1.807, 2.05) is 11.7 Å². The molecule has 0 aromatic carbocycles. The molecule has 0 aliphatic heterocycles. The third-order valence-electron chi connectivity index (χ3n) is 3.26. The van der Waals surface area contributed by atoms with Gasteiger partial charge in [-0.05, 0) is 35.7 Å². The number of hydrogen-bond acceptors (Lipinski definition) is 2. The minimum Gasteiger partial charge on any atom is -0.305 e. The summed E-state index contributed by atoms with van der Waals surface area (Å²) in [5, 5.41) is 7.99. The van der Waals surface area contributed by atoms with Gasteiger partial charge in [0, 0.05) is 25.0 Å². The van der Waals surface area contributed by atoms with Gasteiger partial charge in [-0.15, -0.1) is 11.6 Å². The first-order valence-corrected chi connectivity index (χ1v) is 7.31. The van der Waals surface area contributed by atoms with Crippen LogP contribution >= 0.6 is 27.5 Å². The van der Waals surface area contributed by atoms with Crippen molar-refractivity contribution in [2.45, 2.75) is 45.7 Å². The lowest BCUT2D eigenvalue weighted by Gasteiger charge is -2.27. The molecule has 0 saturated carbocycles. The highest BCUT2D eigenvalue weighted by Crippen LogP contribution is 2.22. The Labute approximate surface area is 117 Å². The summed E-state index contributed by atoms with van der Waals surface area (Å²) in [4.78, 5) is 0. The first kappa shape index (κ1) is 15.0. The molecule has 5 heteroatoms. The van der Waals surface area contributed by atoms with E-state index in [0.717, 1.165) is 29.6 Å². The van der Waals surface area contributed by atoms with Crippen LogP contribution in [0.5, 0.6) is 0 Å². The van der Waals surface area contributed by atoms with Gasteiger partial charge in [-0.2, -0.15) is 5.10 Å². The summed E-state index contributed by atoms with van der Waals surface area (Å²) in [6.45, 7) is 7.18. The van der Waals surface area contributed by atoms with E-state index in [9.17, 15) is 0 Å². The van der Waals surface area contributed by atoms with Gasteiger partial charge in [0.25, 0.3) is 0 Å². The van der Waals surface area contributed by atoms with Gasteiger partial charge in [-0.25, -0.2) is 0 Å². The number of rotatable bonds is 6. The molecule has 1 aromatic rings. The van der Waals surface area contributed by atoms with Gasteiger partial charge in [0.15, 0.2) is 0 Å². The van der Waals surface area contributed by atoms with Crippen molar-refractivity contribution in [2.75, 3.05) is 5.88 Å². The monoisotopic (exact) mass is 321 g/mol. The topological polar surface area (TPSA) is 29.9 Å². The normalized spacial score (nSPS) is 14.9. The highest BCUT2D eigenvalue weighted by molar-refractivity contribution is 9.10. The molecule has 98 valence electrons. The number of nitrogens with one attached hydrogen (secondary N) is 1. The molecule has 3 nitrogen and oxygen atoms in total. The van der Waals surface area contributed by atoms with E-state index in [1.165, 1.54) is 5.69 Å². The van der Waals surface area contributed by atoms with E-state index in [1.54, 1.807) is 0 Å². The minimum absolute atomic E-state index is 0.0162. The number of nitrogens with zero attached hydrogens (tertiary/aromatic N) is 2. The van der Waals surface area contributed by atoms with Crippen molar-refractivity contribution in [2.24, 2.45) is 7.05 Å². The summed E-state index contributed by atoms with van der Waals surface area (Å²) in [7, 11) is 1.98. The summed E-state index contributed by atoms with van der Waals surface area (Å²) in [6, 6.07) is 0. The Morgan fingerprint density at radius 1 is 1.47 bits per heavy atom. The van der Waals surface area contributed by atoms with Crippen molar-refractivity contribution < 1.29 is 0 Å². The van der Waals surface area contributed by atoms with Gasteiger partial charge >= 0.3 is 0 Å². The Kier molecular flexibility index (Phi) is 5.48. The average molecular weight is 323 g/mol. The zero-order valence-electron chi connectivity index (χ0n) is 11.0. The van der Waals surface area contributed by atoms with Crippen LogP contribution < -0.4 is 5.32 Å². The maximum Gasteiger partial charge on any atom is 0.0767 e. The number of halogens is 2. The predicted octanol–water partition coefficient (Wildman–Crippen LogP) is 3.24. The van der Waals surface area contributed by atoms with E-state index < -0.39 is 0 Å². The summed E-state index contributed by atoms with van der Waals surface area (Å²) in [5.74, 6) is 0.611. The van der Waals surface area contributed by atoms with Crippen molar-refractivity contribution in [1.29, 1.82) is 0 Å². The summed E-state index contributed by atoms with van der Waals surface area (Å²) in [5.41, 5.74) is 2.26. The maximum absolute atomic E-state index is 5.99. The quantitative estimate of drug-likeness (QED) is 0.815. The van der Waals surface area contributed by atoms with Crippen molar-refractivity contribution in [3.05, 3.63) is 15.9 Å². The molecule has 0 spiro atoms. The Bertz CT molecular complexity index is 372. The fourth-order valence-electron chi connectivity index (χ4n) is 1.58. The zero-order valence-corrected chi connectivity index (χ0v) is 13.3. The van der Waals surface area contributed by atoms with Gasteiger partial charge in [0.2, 0.25) is 0 Å². The van der Waals surface area contributed by atoms with Crippen molar-refractivity contribution in [1.82, 2.24) is 15.1 Å². The van der Waals surface area contributed by atoms with Crippen LogP contribution in [0, 0.1) is 0 Å². The SMILES string of the molecule is CCc1nn(C)c(CNC(C)(CC)CCl)c1Br. The highest BCUT2D eigenvalue weighted by Gasteiger charge is 2.21. The van der Waals surface area contributed by atoms with E-state index in [0.29, 0.717) is 5.88 Å². The molecule has 1 atom stereocenters. The molecule has 0 aliphatic carbocycles. The third kappa shape index (κ3) is 3.46. The zero-order chi connectivity index (χ0) is 13.1. The first-order chi connectivity index (χ1) is 7.97. The lowest BCUT2D eigenvalue weighted by atomic mass is 10.0. The molecule has 0 bridgehead atoms. The average Bonchev–Trinajstić information content (AvgIpc) is 2.61. The Morgan fingerprint density at radius 2 is 2.12 bits per heavy atom. The number of alkyl halides is 1. The molecule has 0 fully saturated rings. The van der Waals surface area contributed by atoms with Gasteiger partial charge in [-0.1, -0.05) is 13.8 Å². The molecule has 0 radical (unpaired) electrons. The molecule has 0 saturated heterocycles. The summed E-state index contributed by atoms with van der Waals surface area (Å²) in [6.07, 6.45) is 1.95. The molecule has 1 rings (SSSR count). The van der Waals surface area contributed by atoms with Crippen LogP contribution in [0.25, 0.3) is 0 Å². The molecular formula is C12H21BrClN3. The predicted molar refractivity (Wildman–Crippen MR) is 76.5 cm³/mol. The van der Waals surface area contributed by atoms with E-state index in [-0.39, 0.29) is 5.54 Å². The Balaban J connectivity index is 2.79. The van der Waals surface area contributed by atoms with E-state index in [4.69, 9.17) is 11.6 Å². The molecule has 17 heavy (non-hydrogen) atoms. The first-order valence-electron chi connectivity index (χ1n) is 5.98. The summed E-state index contributed by atoms with van der Waals surface area (Å²) >= 11 is 9.61. The molecule has 0 aliphatic rings. The van der Waals surface area contributed by atoms with Gasteiger partial charge < -0.3 is 5.32 Å². The van der Waals surface area contributed by atoms with Gasteiger partial charge in [0.05, 0.1) is 15.9 Å². The lowest BCUT2D eigenvalue weighted by molar-refractivity contribution is 0.373. The number of hydrogen-bond donors (Lipinski definition) is 1. The maximum atomic E-state index is 5.99. The van der Waals surface area contributed by atoms with Crippen LogP contribution in [0.1, 0.15) is 38.6 Å². The molecule has 1 unspecified atom stereocenters. The smallest absolute Gasteiger partial charge is 0.0767 e. The Hall–Kier alpha value is -0.0600. The Morgan fingerprint density at radius 3 is 2.53 bits per heavy atom. The van der Waals surface area contributed by atoms with Crippen LogP contribution in [-0.4, -0.2) is 21.2 Å². The second-order valence-electron chi connectivity index (χ2n) is 4.59. The van der Waals surface area contributed by atoms with Crippen LogP contribution in [0.2, 0.25) is 0 Å². The largest absolute Gasteiger partial charge is 0.305 e. The molecule has 1 heterocycles. The highest BCUT2D eigenvalue weighted by atomic mass is 79.9. The van der Waals surface area contributed by atoms with Crippen LogP contribution in [0.15, 0.2) is 4.47 Å². The van der Waals surface area contributed by atoms with Crippen molar-refractivity contribution in [3.63, 3.8) is 0 Å². The molecule has 1 N–H and O–H groups in total.